The Labute approximate surface area is 104 Å². The van der Waals surface area contributed by atoms with Crippen LogP contribution in [-0.4, -0.2) is 16.8 Å². The summed E-state index contributed by atoms with van der Waals surface area (Å²) in [5.74, 6) is -1.20. The highest BCUT2D eigenvalue weighted by Gasteiger charge is 2.14. The molecule has 0 aliphatic heterocycles. The van der Waals surface area contributed by atoms with Crippen LogP contribution in [0.25, 0.3) is 5.69 Å². The average Bonchev–Trinajstić information content (AvgIpc) is 2.58. The van der Waals surface area contributed by atoms with Crippen molar-refractivity contribution in [1.82, 2.24) is 15.1 Å². The minimum Gasteiger partial charge on any atom is -0.316 e. The van der Waals surface area contributed by atoms with Gasteiger partial charge in [0.2, 0.25) is 0 Å². The first-order valence-corrected chi connectivity index (χ1v) is 5.69. The molecule has 3 nitrogen and oxygen atoms in total. The Bertz CT molecular complexity index is 576. The summed E-state index contributed by atoms with van der Waals surface area (Å²) in [5.41, 5.74) is 2.98. The number of halogens is 2. The third-order valence-electron chi connectivity index (χ3n) is 2.93. The SMILES string of the molecule is CNCc1c(C)nn(-c2ccc(F)cc2F)c1C. The number of aromatic nitrogens is 2. The maximum atomic E-state index is 13.7. The quantitative estimate of drug-likeness (QED) is 0.908. The number of rotatable bonds is 3. The monoisotopic (exact) mass is 251 g/mol. The number of hydrogen-bond donors (Lipinski definition) is 1. The largest absolute Gasteiger partial charge is 0.316 e. The molecule has 0 aliphatic rings. The summed E-state index contributed by atoms with van der Waals surface area (Å²) >= 11 is 0. The van der Waals surface area contributed by atoms with Gasteiger partial charge in [-0.05, 0) is 33.0 Å². The lowest BCUT2D eigenvalue weighted by Gasteiger charge is -2.06. The summed E-state index contributed by atoms with van der Waals surface area (Å²) in [7, 11) is 1.84. The first kappa shape index (κ1) is 12.7. The van der Waals surface area contributed by atoms with Crippen LogP contribution in [0, 0.1) is 25.5 Å². The van der Waals surface area contributed by atoms with Crippen LogP contribution >= 0.6 is 0 Å². The van der Waals surface area contributed by atoms with E-state index in [1.54, 1.807) is 0 Å². The number of benzene rings is 1. The molecule has 0 atom stereocenters. The molecule has 96 valence electrons. The van der Waals surface area contributed by atoms with Crippen molar-refractivity contribution in [3.63, 3.8) is 0 Å². The van der Waals surface area contributed by atoms with Gasteiger partial charge in [0.05, 0.1) is 5.69 Å². The Morgan fingerprint density at radius 3 is 2.61 bits per heavy atom. The summed E-state index contributed by atoms with van der Waals surface area (Å²) in [6, 6.07) is 3.49. The van der Waals surface area contributed by atoms with Gasteiger partial charge in [0.25, 0.3) is 0 Å². The second kappa shape index (κ2) is 4.86. The number of aryl methyl sites for hydroxylation is 1. The van der Waals surface area contributed by atoms with Gasteiger partial charge in [0, 0.05) is 23.9 Å². The van der Waals surface area contributed by atoms with Crippen molar-refractivity contribution >= 4 is 0 Å². The zero-order chi connectivity index (χ0) is 13.3. The molecule has 2 aromatic rings. The van der Waals surface area contributed by atoms with Gasteiger partial charge in [-0.1, -0.05) is 0 Å². The number of nitrogens with one attached hydrogen (secondary N) is 1. The van der Waals surface area contributed by atoms with Gasteiger partial charge < -0.3 is 5.32 Å². The standard InChI is InChI=1S/C13H15F2N3/c1-8-11(7-16-3)9(2)18(17-8)13-5-4-10(14)6-12(13)15/h4-6,16H,7H2,1-3H3. The smallest absolute Gasteiger partial charge is 0.151 e. The van der Waals surface area contributed by atoms with Crippen LogP contribution < -0.4 is 5.32 Å². The second-order valence-corrected chi connectivity index (χ2v) is 4.19. The van der Waals surface area contributed by atoms with Crippen molar-refractivity contribution in [2.75, 3.05) is 7.05 Å². The third-order valence-corrected chi connectivity index (χ3v) is 2.93. The van der Waals surface area contributed by atoms with Crippen LogP contribution in [0.5, 0.6) is 0 Å². The molecule has 0 bridgehead atoms. The Balaban J connectivity index is 2.54. The van der Waals surface area contributed by atoms with Gasteiger partial charge in [-0.2, -0.15) is 5.10 Å². The topological polar surface area (TPSA) is 29.9 Å². The van der Waals surface area contributed by atoms with Crippen LogP contribution in [0.2, 0.25) is 0 Å². The lowest BCUT2D eigenvalue weighted by Crippen LogP contribution is -2.08. The number of hydrogen-bond acceptors (Lipinski definition) is 2. The van der Waals surface area contributed by atoms with Crippen LogP contribution in [-0.2, 0) is 6.54 Å². The molecule has 1 aromatic carbocycles. The van der Waals surface area contributed by atoms with E-state index in [0.717, 1.165) is 23.0 Å². The normalized spacial score (nSPS) is 10.9. The van der Waals surface area contributed by atoms with Crippen LogP contribution in [0.15, 0.2) is 18.2 Å². The van der Waals surface area contributed by atoms with E-state index in [0.29, 0.717) is 6.54 Å². The molecule has 0 amide bonds. The van der Waals surface area contributed by atoms with Gasteiger partial charge in [0.15, 0.2) is 5.82 Å². The molecule has 1 aromatic heterocycles. The molecular formula is C13H15F2N3. The van der Waals surface area contributed by atoms with Gasteiger partial charge >= 0.3 is 0 Å². The van der Waals surface area contributed by atoms with Gasteiger partial charge in [0.1, 0.15) is 11.5 Å². The highest BCUT2D eigenvalue weighted by Crippen LogP contribution is 2.20. The molecule has 2 rings (SSSR count). The average molecular weight is 251 g/mol. The zero-order valence-electron chi connectivity index (χ0n) is 10.6. The molecule has 0 aliphatic carbocycles. The fourth-order valence-corrected chi connectivity index (χ4v) is 2.00. The summed E-state index contributed by atoms with van der Waals surface area (Å²) in [6.45, 7) is 4.41. The first-order valence-electron chi connectivity index (χ1n) is 5.69. The van der Waals surface area contributed by atoms with E-state index in [9.17, 15) is 8.78 Å². The van der Waals surface area contributed by atoms with Gasteiger partial charge in [-0.3, -0.25) is 0 Å². The highest BCUT2D eigenvalue weighted by molar-refractivity contribution is 5.38. The van der Waals surface area contributed by atoms with E-state index in [1.807, 2.05) is 20.9 Å². The van der Waals surface area contributed by atoms with E-state index in [-0.39, 0.29) is 5.69 Å². The molecule has 0 saturated heterocycles. The molecule has 1 N–H and O–H groups in total. The van der Waals surface area contributed by atoms with Crippen LogP contribution in [0.3, 0.4) is 0 Å². The summed E-state index contributed by atoms with van der Waals surface area (Å²) in [6.07, 6.45) is 0. The molecule has 1 heterocycles. The fraction of sp³-hybridized carbons (Fsp3) is 0.308. The maximum absolute atomic E-state index is 13.7. The van der Waals surface area contributed by atoms with E-state index in [1.165, 1.54) is 16.8 Å². The predicted molar refractivity (Wildman–Crippen MR) is 65.7 cm³/mol. The van der Waals surface area contributed by atoms with Crippen molar-refractivity contribution in [3.8, 4) is 5.69 Å². The second-order valence-electron chi connectivity index (χ2n) is 4.19. The first-order chi connectivity index (χ1) is 8.54. The lowest BCUT2D eigenvalue weighted by atomic mass is 10.2. The lowest BCUT2D eigenvalue weighted by molar-refractivity contribution is 0.572. The van der Waals surface area contributed by atoms with E-state index in [2.05, 4.69) is 10.4 Å². The molecule has 5 heteroatoms. The highest BCUT2D eigenvalue weighted by atomic mass is 19.1. The minimum atomic E-state index is -0.614. The van der Waals surface area contributed by atoms with Gasteiger partial charge in [-0.25, -0.2) is 13.5 Å². The Kier molecular flexibility index (Phi) is 3.43. The molecule has 0 radical (unpaired) electrons. The molecule has 0 saturated carbocycles. The van der Waals surface area contributed by atoms with E-state index in [4.69, 9.17) is 0 Å². The Hall–Kier alpha value is -1.75. The summed E-state index contributed by atoms with van der Waals surface area (Å²) in [4.78, 5) is 0. The zero-order valence-corrected chi connectivity index (χ0v) is 10.6. The van der Waals surface area contributed by atoms with E-state index < -0.39 is 11.6 Å². The number of nitrogens with zero attached hydrogens (tertiary/aromatic N) is 2. The molecule has 0 fully saturated rings. The van der Waals surface area contributed by atoms with Gasteiger partial charge in [-0.15, -0.1) is 0 Å². The molecule has 0 unspecified atom stereocenters. The van der Waals surface area contributed by atoms with Crippen molar-refractivity contribution in [1.29, 1.82) is 0 Å². The Morgan fingerprint density at radius 1 is 1.28 bits per heavy atom. The molecular weight excluding hydrogens is 236 g/mol. The van der Waals surface area contributed by atoms with E-state index >= 15 is 0 Å². The van der Waals surface area contributed by atoms with Crippen molar-refractivity contribution in [3.05, 3.63) is 46.8 Å². The fourth-order valence-electron chi connectivity index (χ4n) is 2.00. The van der Waals surface area contributed by atoms with Crippen LogP contribution in [0.1, 0.15) is 17.0 Å². The third kappa shape index (κ3) is 2.13. The molecule has 0 spiro atoms. The minimum absolute atomic E-state index is 0.263. The molecule has 18 heavy (non-hydrogen) atoms. The Morgan fingerprint density at radius 2 is 2.00 bits per heavy atom. The van der Waals surface area contributed by atoms with Crippen molar-refractivity contribution in [2.24, 2.45) is 0 Å². The predicted octanol–water partition coefficient (Wildman–Crippen LogP) is 2.49. The summed E-state index contributed by atoms with van der Waals surface area (Å²) < 4.78 is 28.1. The summed E-state index contributed by atoms with van der Waals surface area (Å²) in [5, 5.41) is 7.35. The van der Waals surface area contributed by atoms with Crippen molar-refractivity contribution < 1.29 is 8.78 Å². The van der Waals surface area contributed by atoms with Crippen molar-refractivity contribution in [2.45, 2.75) is 20.4 Å². The van der Waals surface area contributed by atoms with Crippen LogP contribution in [0.4, 0.5) is 8.78 Å². The maximum Gasteiger partial charge on any atom is 0.151 e.